The molecule has 0 N–H and O–H groups in total. The monoisotopic (exact) mass is 464 g/mol. The molecule has 8 nitrogen and oxygen atoms in total. The van der Waals surface area contributed by atoms with Gasteiger partial charge in [0.2, 0.25) is 11.6 Å². The first-order valence-electron chi connectivity index (χ1n) is 10.8. The van der Waals surface area contributed by atoms with Gasteiger partial charge in [-0.1, -0.05) is 39.0 Å². The Morgan fingerprint density at radius 1 is 1.12 bits per heavy atom. The lowest BCUT2D eigenvalue weighted by atomic mass is 9.75. The van der Waals surface area contributed by atoms with Crippen molar-refractivity contribution in [3.63, 3.8) is 0 Å². The Kier molecular flexibility index (Phi) is 8.28. The molecule has 9 heteroatoms. The molecule has 1 aromatic carbocycles. The summed E-state index contributed by atoms with van der Waals surface area (Å²) in [5.74, 6) is 3.08. The number of carbonyl (C=O) groups excluding carboxylic acids is 1. The van der Waals surface area contributed by atoms with Crippen molar-refractivity contribution >= 4 is 17.7 Å². The van der Waals surface area contributed by atoms with Gasteiger partial charge in [0.25, 0.3) is 5.22 Å². The molecule has 3 unspecified atom stereocenters. The standard InChI is InChI=1S/C23H32N2O6S/c1-13(2)16-8-7-14(3)9-17(16)30-20(26)12-32-23-25-24-22(31-23)15-10-18(27-4)21(29-6)19(11-15)28-5/h10-11,13-14,16-17H,7-9,12H2,1-6H3. The molecule has 1 heterocycles. The first-order valence-corrected chi connectivity index (χ1v) is 11.8. The van der Waals surface area contributed by atoms with Crippen molar-refractivity contribution < 1.29 is 28.2 Å². The Bertz CT molecular complexity index is 891. The van der Waals surface area contributed by atoms with Crippen LogP contribution in [0.2, 0.25) is 0 Å². The largest absolute Gasteiger partial charge is 0.493 e. The van der Waals surface area contributed by atoms with Crippen LogP contribution in [0.5, 0.6) is 17.2 Å². The highest BCUT2D eigenvalue weighted by Gasteiger charge is 2.33. The molecule has 0 bridgehead atoms. The van der Waals surface area contributed by atoms with Gasteiger partial charge in [0.1, 0.15) is 11.9 Å². The van der Waals surface area contributed by atoms with E-state index in [0.717, 1.165) is 12.8 Å². The van der Waals surface area contributed by atoms with Gasteiger partial charge in [-0.15, -0.1) is 10.2 Å². The second-order valence-corrected chi connectivity index (χ2v) is 9.36. The number of nitrogens with zero attached hydrogens (tertiary/aromatic N) is 2. The topological polar surface area (TPSA) is 92.9 Å². The summed E-state index contributed by atoms with van der Waals surface area (Å²) in [5, 5.41) is 8.43. The molecular formula is C23H32N2O6S. The molecule has 1 fully saturated rings. The first-order chi connectivity index (χ1) is 15.4. The number of aromatic nitrogens is 2. The predicted molar refractivity (Wildman–Crippen MR) is 121 cm³/mol. The lowest BCUT2D eigenvalue weighted by Crippen LogP contribution is -2.36. The van der Waals surface area contributed by atoms with Crippen LogP contribution in [0.25, 0.3) is 11.5 Å². The molecule has 1 aromatic heterocycles. The zero-order chi connectivity index (χ0) is 23.3. The Hall–Kier alpha value is -2.42. The number of ether oxygens (including phenoxy) is 4. The van der Waals surface area contributed by atoms with Crippen LogP contribution in [0.4, 0.5) is 0 Å². The van der Waals surface area contributed by atoms with Crippen LogP contribution in [0.15, 0.2) is 21.8 Å². The summed E-state index contributed by atoms with van der Waals surface area (Å²) >= 11 is 1.17. The second kappa shape index (κ2) is 10.9. The fourth-order valence-corrected chi connectivity index (χ4v) is 4.71. The zero-order valence-electron chi connectivity index (χ0n) is 19.5. The van der Waals surface area contributed by atoms with Gasteiger partial charge in [-0.3, -0.25) is 4.79 Å². The van der Waals surface area contributed by atoms with Crippen molar-refractivity contribution in [1.29, 1.82) is 0 Å². The lowest BCUT2D eigenvalue weighted by Gasteiger charge is -2.36. The van der Waals surface area contributed by atoms with Gasteiger partial charge in [-0.2, -0.15) is 0 Å². The summed E-state index contributed by atoms with van der Waals surface area (Å²) in [7, 11) is 4.62. The van der Waals surface area contributed by atoms with Crippen LogP contribution >= 0.6 is 11.8 Å². The van der Waals surface area contributed by atoms with Crippen LogP contribution in [-0.2, 0) is 9.53 Å². The minimum atomic E-state index is -0.257. The fraction of sp³-hybridized carbons (Fsp3) is 0.609. The third-order valence-electron chi connectivity index (χ3n) is 5.88. The first kappa shape index (κ1) is 24.2. The molecule has 0 aliphatic heterocycles. The average Bonchev–Trinajstić information content (AvgIpc) is 3.25. The number of esters is 1. The number of benzene rings is 1. The maximum atomic E-state index is 12.5. The van der Waals surface area contributed by atoms with Crippen LogP contribution in [0, 0.1) is 17.8 Å². The highest BCUT2D eigenvalue weighted by atomic mass is 32.2. The van der Waals surface area contributed by atoms with E-state index in [1.807, 2.05) is 0 Å². The smallest absolute Gasteiger partial charge is 0.316 e. The molecule has 3 rings (SSSR count). The van der Waals surface area contributed by atoms with Crippen molar-refractivity contribution in [3.05, 3.63) is 12.1 Å². The quantitative estimate of drug-likeness (QED) is 0.381. The summed E-state index contributed by atoms with van der Waals surface area (Å²) in [5.41, 5.74) is 0.623. The summed E-state index contributed by atoms with van der Waals surface area (Å²) < 4.78 is 27.7. The summed E-state index contributed by atoms with van der Waals surface area (Å²) in [4.78, 5) is 12.5. The lowest BCUT2D eigenvalue weighted by molar-refractivity contribution is -0.152. The van der Waals surface area contributed by atoms with E-state index in [1.165, 1.54) is 25.3 Å². The zero-order valence-corrected chi connectivity index (χ0v) is 20.4. The molecular weight excluding hydrogens is 432 g/mol. The number of rotatable bonds is 9. The molecule has 3 atom stereocenters. The Morgan fingerprint density at radius 2 is 1.81 bits per heavy atom. The van der Waals surface area contributed by atoms with E-state index in [1.54, 1.807) is 26.4 Å². The van der Waals surface area contributed by atoms with Gasteiger partial charge >= 0.3 is 5.97 Å². The van der Waals surface area contributed by atoms with Crippen molar-refractivity contribution in [2.45, 2.75) is 51.4 Å². The van der Waals surface area contributed by atoms with Gasteiger partial charge in [-0.05, 0) is 42.7 Å². The fourth-order valence-electron chi connectivity index (χ4n) is 4.16. The molecule has 2 aromatic rings. The van der Waals surface area contributed by atoms with Gasteiger partial charge in [0.15, 0.2) is 11.5 Å². The minimum Gasteiger partial charge on any atom is -0.493 e. The van der Waals surface area contributed by atoms with E-state index in [-0.39, 0.29) is 17.8 Å². The third-order valence-corrected chi connectivity index (χ3v) is 6.67. The van der Waals surface area contributed by atoms with Gasteiger partial charge in [0, 0.05) is 5.56 Å². The van der Waals surface area contributed by atoms with Crippen molar-refractivity contribution in [2.24, 2.45) is 17.8 Å². The highest BCUT2D eigenvalue weighted by molar-refractivity contribution is 7.99. The molecule has 32 heavy (non-hydrogen) atoms. The van der Waals surface area contributed by atoms with E-state index in [9.17, 15) is 4.79 Å². The van der Waals surface area contributed by atoms with Crippen molar-refractivity contribution in [3.8, 4) is 28.7 Å². The third kappa shape index (κ3) is 5.68. The molecule has 1 aliphatic rings. The van der Waals surface area contributed by atoms with E-state index < -0.39 is 0 Å². The number of hydrogen-bond acceptors (Lipinski definition) is 9. The molecule has 0 spiro atoms. The molecule has 176 valence electrons. The summed E-state index contributed by atoms with van der Waals surface area (Å²) in [6, 6.07) is 3.46. The van der Waals surface area contributed by atoms with Crippen LogP contribution in [-0.4, -0.2) is 49.4 Å². The normalized spacial score (nSPS) is 20.8. The van der Waals surface area contributed by atoms with Crippen molar-refractivity contribution in [1.82, 2.24) is 10.2 Å². The van der Waals surface area contributed by atoms with Crippen LogP contribution < -0.4 is 14.2 Å². The maximum absolute atomic E-state index is 12.5. The van der Waals surface area contributed by atoms with Gasteiger partial charge in [-0.25, -0.2) is 0 Å². The highest BCUT2D eigenvalue weighted by Crippen LogP contribution is 2.41. The molecule has 0 amide bonds. The van der Waals surface area contributed by atoms with Gasteiger partial charge in [0.05, 0.1) is 21.3 Å². The Morgan fingerprint density at radius 3 is 2.41 bits per heavy atom. The number of carbonyl (C=O) groups is 1. The number of hydrogen-bond donors (Lipinski definition) is 0. The number of methoxy groups -OCH3 is 3. The van der Waals surface area contributed by atoms with Gasteiger partial charge < -0.3 is 23.4 Å². The van der Waals surface area contributed by atoms with Crippen LogP contribution in [0.1, 0.15) is 40.0 Å². The molecule has 0 saturated heterocycles. The van der Waals surface area contributed by atoms with Crippen molar-refractivity contribution in [2.75, 3.05) is 27.1 Å². The Labute approximate surface area is 193 Å². The maximum Gasteiger partial charge on any atom is 0.316 e. The van der Waals surface area contributed by atoms with E-state index in [2.05, 4.69) is 31.0 Å². The summed E-state index contributed by atoms with van der Waals surface area (Å²) in [6.07, 6.45) is 3.19. The van der Waals surface area contributed by atoms with E-state index in [4.69, 9.17) is 23.4 Å². The molecule has 1 saturated carbocycles. The number of thioether (sulfide) groups is 1. The predicted octanol–water partition coefficient (Wildman–Crippen LogP) is 4.86. The van der Waals surface area contributed by atoms with E-state index in [0.29, 0.717) is 51.7 Å². The minimum absolute atomic E-state index is 0.0238. The summed E-state index contributed by atoms with van der Waals surface area (Å²) in [6.45, 7) is 6.61. The Balaban J connectivity index is 1.64. The molecule has 0 radical (unpaired) electrons. The van der Waals surface area contributed by atoms with E-state index >= 15 is 0 Å². The SMILES string of the molecule is COc1cc(-c2nnc(SCC(=O)OC3CC(C)CCC3C(C)C)o2)cc(OC)c1OC. The van der Waals surface area contributed by atoms with Crippen LogP contribution in [0.3, 0.4) is 0 Å². The second-order valence-electron chi connectivity index (χ2n) is 8.43. The average molecular weight is 465 g/mol. The molecule has 1 aliphatic carbocycles.